The van der Waals surface area contributed by atoms with Crippen LogP contribution in [0.4, 0.5) is 30.7 Å². The molecule has 3 aromatic heterocycles. The zero-order chi connectivity index (χ0) is 23.0. The molecule has 0 aliphatic carbocycles. The lowest BCUT2D eigenvalue weighted by atomic mass is 10.1. The monoisotopic (exact) mass is 446 g/mol. The molecule has 0 aliphatic rings. The van der Waals surface area contributed by atoms with Gasteiger partial charge in [0.25, 0.3) is 5.91 Å². The first-order valence-electron chi connectivity index (χ1n) is 8.06. The van der Waals surface area contributed by atoms with Gasteiger partial charge in [-0.05, 0) is 23.8 Å². The summed E-state index contributed by atoms with van der Waals surface area (Å²) in [4.78, 5) is 21.3. The molecule has 0 unspecified atom stereocenters. The molecule has 3 rings (SSSR count). The van der Waals surface area contributed by atoms with Crippen LogP contribution in [0.5, 0.6) is 0 Å². The summed E-state index contributed by atoms with van der Waals surface area (Å²) in [5, 5.41) is 3.75. The van der Waals surface area contributed by atoms with Crippen LogP contribution in [0.1, 0.15) is 17.0 Å². The van der Waals surface area contributed by atoms with E-state index in [1.165, 1.54) is 6.07 Å². The van der Waals surface area contributed by atoms with Gasteiger partial charge in [-0.2, -0.15) is 30.7 Å². The molecule has 0 saturated heterocycles. The summed E-state index contributed by atoms with van der Waals surface area (Å²) < 4.78 is 91.9. The van der Waals surface area contributed by atoms with E-state index >= 15 is 0 Å². The Hall–Kier alpha value is -3.84. The van der Waals surface area contributed by atoms with Crippen molar-refractivity contribution in [3.63, 3.8) is 0 Å². The normalized spacial score (nSPS) is 12.8. The third kappa shape index (κ3) is 5.02. The molecular formula is C17H9F7N6O. The van der Waals surface area contributed by atoms with Crippen LogP contribution in [-0.2, 0) is 17.1 Å². The highest BCUT2D eigenvalue weighted by Crippen LogP contribution is 2.35. The zero-order valence-electron chi connectivity index (χ0n) is 14.9. The number of primary amides is 1. The van der Waals surface area contributed by atoms with Gasteiger partial charge in [0.05, 0.1) is 5.57 Å². The first-order valence-corrected chi connectivity index (χ1v) is 8.06. The highest BCUT2D eigenvalue weighted by molar-refractivity contribution is 6.22. The number of alkyl halides is 6. The number of pyridine rings is 2. The second kappa shape index (κ2) is 7.77. The maximum absolute atomic E-state index is 13.3. The highest BCUT2D eigenvalue weighted by atomic mass is 19.4. The van der Waals surface area contributed by atoms with Gasteiger partial charge in [-0.1, -0.05) is 0 Å². The van der Waals surface area contributed by atoms with Crippen molar-refractivity contribution in [1.82, 2.24) is 24.7 Å². The van der Waals surface area contributed by atoms with Crippen molar-refractivity contribution in [2.45, 2.75) is 12.4 Å². The summed E-state index contributed by atoms with van der Waals surface area (Å²) in [5.74, 6) is -2.44. The minimum absolute atomic E-state index is 0.0136. The smallest absolute Gasteiger partial charge is 0.366 e. The van der Waals surface area contributed by atoms with E-state index in [9.17, 15) is 35.5 Å². The average molecular weight is 446 g/mol. The van der Waals surface area contributed by atoms with E-state index in [4.69, 9.17) is 5.73 Å². The third-order valence-electron chi connectivity index (χ3n) is 3.74. The van der Waals surface area contributed by atoms with Crippen LogP contribution < -0.4 is 5.73 Å². The average Bonchev–Trinajstić information content (AvgIpc) is 3.13. The van der Waals surface area contributed by atoms with Crippen molar-refractivity contribution < 1.29 is 35.5 Å². The predicted octanol–water partition coefficient (Wildman–Crippen LogP) is 3.40. The van der Waals surface area contributed by atoms with Gasteiger partial charge in [0.2, 0.25) is 5.95 Å². The van der Waals surface area contributed by atoms with Gasteiger partial charge in [-0.15, -0.1) is 5.10 Å². The third-order valence-corrected chi connectivity index (χ3v) is 3.74. The Labute approximate surface area is 168 Å². The number of nitrogens with two attached hydrogens (primary N) is 1. The Balaban J connectivity index is 2.07. The summed E-state index contributed by atoms with van der Waals surface area (Å²) in [5.41, 5.74) is 0.820. The Bertz CT molecular complexity index is 1130. The maximum Gasteiger partial charge on any atom is 0.433 e. The molecule has 0 fully saturated rings. The zero-order valence-corrected chi connectivity index (χ0v) is 14.9. The summed E-state index contributed by atoms with van der Waals surface area (Å²) in [6.07, 6.45) is -7.35. The van der Waals surface area contributed by atoms with E-state index in [1.807, 2.05) is 0 Å². The molecule has 0 radical (unpaired) electrons. The van der Waals surface area contributed by atoms with Crippen molar-refractivity contribution in [2.75, 3.05) is 0 Å². The second-order valence-electron chi connectivity index (χ2n) is 5.94. The quantitative estimate of drug-likeness (QED) is 0.376. The Morgan fingerprint density at radius 2 is 1.61 bits per heavy atom. The molecule has 0 aliphatic heterocycles. The fourth-order valence-corrected chi connectivity index (χ4v) is 2.40. The number of aromatic nitrogens is 5. The van der Waals surface area contributed by atoms with Crippen LogP contribution in [-0.4, -0.2) is 30.6 Å². The SMILES string of the molecule is NC(=O)/C(=C/n1cnc(-c2cc(C(F)(F)F)nc(C(F)(F)F)c2)n1)c1ccnc(F)c1. The number of rotatable bonds is 4. The van der Waals surface area contributed by atoms with Gasteiger partial charge in [0.1, 0.15) is 17.7 Å². The fraction of sp³-hybridized carbons (Fsp3) is 0.118. The van der Waals surface area contributed by atoms with Gasteiger partial charge in [-0.25, -0.2) is 19.6 Å². The summed E-state index contributed by atoms with van der Waals surface area (Å²) in [6.45, 7) is 0. The first kappa shape index (κ1) is 21.9. The highest BCUT2D eigenvalue weighted by Gasteiger charge is 2.39. The van der Waals surface area contributed by atoms with Crippen LogP contribution >= 0.6 is 0 Å². The topological polar surface area (TPSA) is 99.6 Å². The van der Waals surface area contributed by atoms with E-state index in [2.05, 4.69) is 20.1 Å². The first-order chi connectivity index (χ1) is 14.3. The molecule has 0 saturated carbocycles. The molecule has 14 heteroatoms. The predicted molar refractivity (Wildman–Crippen MR) is 90.8 cm³/mol. The lowest BCUT2D eigenvalue weighted by Gasteiger charge is -2.11. The molecular weight excluding hydrogens is 437 g/mol. The number of hydrogen-bond acceptors (Lipinski definition) is 5. The molecule has 0 bridgehead atoms. The molecule has 162 valence electrons. The Morgan fingerprint density at radius 3 is 2.13 bits per heavy atom. The number of hydrogen-bond donors (Lipinski definition) is 1. The van der Waals surface area contributed by atoms with Gasteiger partial charge in [-0.3, -0.25) is 4.79 Å². The van der Waals surface area contributed by atoms with Crippen LogP contribution in [0, 0.1) is 5.95 Å². The molecule has 3 heterocycles. The van der Waals surface area contributed by atoms with E-state index in [0.717, 1.165) is 29.5 Å². The second-order valence-corrected chi connectivity index (χ2v) is 5.94. The molecule has 7 nitrogen and oxygen atoms in total. The molecule has 0 atom stereocenters. The standard InChI is InChI=1S/C17H9F7N6O/c18-13-5-8(1-2-26-13)10(14(25)31)6-30-7-27-15(29-30)9-3-11(16(19,20)21)28-12(4-9)17(22,23)24/h1-7H,(H2,25,31)/b10-6+. The molecule has 0 aromatic carbocycles. The van der Waals surface area contributed by atoms with Crippen molar-refractivity contribution in [3.05, 3.63) is 59.7 Å². The lowest BCUT2D eigenvalue weighted by molar-refractivity contribution is -0.150. The molecule has 1 amide bonds. The van der Waals surface area contributed by atoms with Crippen LogP contribution in [0.3, 0.4) is 0 Å². The number of carbonyl (C=O) groups is 1. The minimum Gasteiger partial charge on any atom is -0.366 e. The van der Waals surface area contributed by atoms with Gasteiger partial charge >= 0.3 is 12.4 Å². The van der Waals surface area contributed by atoms with Gasteiger partial charge < -0.3 is 5.73 Å². The summed E-state index contributed by atoms with van der Waals surface area (Å²) in [7, 11) is 0. The van der Waals surface area contributed by atoms with E-state index < -0.39 is 47.0 Å². The maximum atomic E-state index is 13.3. The van der Waals surface area contributed by atoms with E-state index in [0.29, 0.717) is 12.1 Å². The number of amides is 1. The molecule has 3 aromatic rings. The fourth-order valence-electron chi connectivity index (χ4n) is 2.40. The summed E-state index contributed by atoms with van der Waals surface area (Å²) >= 11 is 0. The number of halogens is 7. The summed E-state index contributed by atoms with van der Waals surface area (Å²) in [6, 6.07) is 2.85. The van der Waals surface area contributed by atoms with Crippen molar-refractivity contribution in [3.8, 4) is 11.4 Å². The van der Waals surface area contributed by atoms with Gasteiger partial charge in [0.15, 0.2) is 5.82 Å². The van der Waals surface area contributed by atoms with E-state index in [1.54, 1.807) is 0 Å². The van der Waals surface area contributed by atoms with Crippen LogP contribution in [0.25, 0.3) is 23.2 Å². The minimum atomic E-state index is -5.15. The molecule has 31 heavy (non-hydrogen) atoms. The number of nitrogens with zero attached hydrogens (tertiary/aromatic N) is 5. The van der Waals surface area contributed by atoms with E-state index in [-0.39, 0.29) is 11.1 Å². The lowest BCUT2D eigenvalue weighted by Crippen LogP contribution is -2.15. The molecule has 0 spiro atoms. The Kier molecular flexibility index (Phi) is 5.48. The van der Waals surface area contributed by atoms with Crippen molar-refractivity contribution in [2.24, 2.45) is 5.73 Å². The van der Waals surface area contributed by atoms with Crippen LogP contribution in [0.2, 0.25) is 0 Å². The van der Waals surface area contributed by atoms with Crippen molar-refractivity contribution in [1.29, 1.82) is 0 Å². The number of carbonyl (C=O) groups excluding carboxylic acids is 1. The van der Waals surface area contributed by atoms with Crippen LogP contribution in [0.15, 0.2) is 36.8 Å². The largest absolute Gasteiger partial charge is 0.433 e. The van der Waals surface area contributed by atoms with Gasteiger partial charge in [0, 0.05) is 24.0 Å². The van der Waals surface area contributed by atoms with Crippen molar-refractivity contribution >= 4 is 17.7 Å². The molecule has 2 N–H and O–H groups in total. The Morgan fingerprint density at radius 1 is 1.00 bits per heavy atom.